The maximum atomic E-state index is 13.1. The molecule has 0 unspecified atom stereocenters. The highest BCUT2D eigenvalue weighted by Gasteiger charge is 2.37. The van der Waals surface area contributed by atoms with Gasteiger partial charge in [0, 0.05) is 49.9 Å². The van der Waals surface area contributed by atoms with Gasteiger partial charge in [-0.1, -0.05) is 13.8 Å². The summed E-state index contributed by atoms with van der Waals surface area (Å²) < 4.78 is 23.4. The van der Waals surface area contributed by atoms with E-state index in [1.54, 1.807) is 0 Å². The van der Waals surface area contributed by atoms with Crippen molar-refractivity contribution < 1.29 is 18.0 Å². The predicted octanol–water partition coefficient (Wildman–Crippen LogP) is 1.42. The van der Waals surface area contributed by atoms with Crippen LogP contribution in [0, 0.1) is 12.3 Å². The molecule has 0 bridgehead atoms. The molecule has 3 heterocycles. The highest BCUT2D eigenvalue weighted by atomic mass is 32.2. The van der Waals surface area contributed by atoms with Crippen molar-refractivity contribution in [1.29, 1.82) is 0 Å². The number of fused-ring (bicyclic) bond motifs is 1. The van der Waals surface area contributed by atoms with Crippen molar-refractivity contribution in [3.63, 3.8) is 0 Å². The second-order valence-corrected chi connectivity index (χ2v) is 11.5. The van der Waals surface area contributed by atoms with Crippen LogP contribution in [0.5, 0.6) is 0 Å². The minimum absolute atomic E-state index is 0.0591. The Balaban J connectivity index is 1.46. The molecule has 0 aromatic carbocycles. The molecule has 4 rings (SSSR count). The molecule has 1 aromatic rings. The third-order valence-corrected chi connectivity index (χ3v) is 8.19. The molecule has 0 spiro atoms. The van der Waals surface area contributed by atoms with Crippen LogP contribution >= 0.6 is 0 Å². The van der Waals surface area contributed by atoms with Gasteiger partial charge in [0.2, 0.25) is 0 Å². The molecule has 1 N–H and O–H groups in total. The van der Waals surface area contributed by atoms with E-state index in [0.717, 1.165) is 17.7 Å². The quantitative estimate of drug-likeness (QED) is 0.801. The Morgan fingerprint density at radius 2 is 1.82 bits per heavy atom. The summed E-state index contributed by atoms with van der Waals surface area (Å²) in [5.41, 5.74) is 2.81. The van der Waals surface area contributed by atoms with Crippen LogP contribution in [0.1, 0.15) is 58.8 Å². The van der Waals surface area contributed by atoms with Crippen molar-refractivity contribution in [2.75, 3.05) is 37.7 Å². The molecule has 0 radical (unpaired) electrons. The van der Waals surface area contributed by atoms with Gasteiger partial charge >= 0.3 is 0 Å². The fourth-order valence-corrected chi connectivity index (χ4v) is 6.72. The van der Waals surface area contributed by atoms with E-state index < -0.39 is 9.84 Å². The number of carbonyl (C=O) groups excluding carboxylic acids is 2. The smallest absolute Gasteiger partial charge is 0.270 e. The number of Topliss-reactive ketones (excluding diaryl/α,β-unsaturated/α-hetero) is 1. The Bertz CT molecular complexity index is 923. The molecule has 3 aliphatic rings. The first-order valence-corrected chi connectivity index (χ1v) is 11.9. The number of rotatable bonds is 2. The lowest BCUT2D eigenvalue weighted by molar-refractivity contribution is 0.0582. The first-order chi connectivity index (χ1) is 13.1. The number of aromatic amines is 1. The van der Waals surface area contributed by atoms with E-state index in [4.69, 9.17) is 0 Å². The van der Waals surface area contributed by atoms with Gasteiger partial charge in [0.1, 0.15) is 5.69 Å². The first kappa shape index (κ1) is 19.6. The Morgan fingerprint density at radius 1 is 1.14 bits per heavy atom. The number of aromatic nitrogens is 1. The van der Waals surface area contributed by atoms with Gasteiger partial charge in [0.05, 0.1) is 11.5 Å². The van der Waals surface area contributed by atoms with Gasteiger partial charge in [-0.15, -0.1) is 0 Å². The van der Waals surface area contributed by atoms with Crippen molar-refractivity contribution >= 4 is 21.5 Å². The van der Waals surface area contributed by atoms with Crippen LogP contribution < -0.4 is 0 Å². The highest BCUT2D eigenvalue weighted by Crippen LogP contribution is 2.37. The van der Waals surface area contributed by atoms with Gasteiger partial charge in [0.25, 0.3) is 5.91 Å². The number of nitrogens with one attached hydrogen (secondary N) is 1. The third-order valence-electron chi connectivity index (χ3n) is 6.44. The molecule has 1 aliphatic carbocycles. The second kappa shape index (κ2) is 6.69. The molecule has 154 valence electrons. The van der Waals surface area contributed by atoms with Crippen LogP contribution in [0.15, 0.2) is 0 Å². The number of hydrogen-bond acceptors (Lipinski definition) is 5. The normalized spacial score (nSPS) is 27.0. The van der Waals surface area contributed by atoms with Crippen LogP contribution in [0.3, 0.4) is 0 Å². The molecule has 1 atom stereocenters. The minimum atomic E-state index is -2.90. The number of sulfone groups is 1. The average Bonchev–Trinajstić information content (AvgIpc) is 3.13. The number of piperazine rings is 1. The lowest BCUT2D eigenvalue weighted by Gasteiger charge is -2.37. The zero-order valence-electron chi connectivity index (χ0n) is 16.9. The lowest BCUT2D eigenvalue weighted by atomic mass is 9.75. The SMILES string of the molecule is Cc1c(C(=O)N2CCN([C@H]3CCS(=O)(=O)C3)CC2)[nH]c2c1C(=O)CC(C)(C)C2. The van der Waals surface area contributed by atoms with Crippen LogP contribution in [-0.4, -0.2) is 78.6 Å². The Morgan fingerprint density at radius 3 is 2.43 bits per heavy atom. The summed E-state index contributed by atoms with van der Waals surface area (Å²) in [5.74, 6) is 0.568. The summed E-state index contributed by atoms with van der Waals surface area (Å²) in [6, 6.07) is 0.0849. The number of carbonyl (C=O) groups is 2. The van der Waals surface area contributed by atoms with Gasteiger partial charge in [-0.05, 0) is 30.7 Å². The van der Waals surface area contributed by atoms with Crippen molar-refractivity contribution in [1.82, 2.24) is 14.8 Å². The number of hydrogen-bond donors (Lipinski definition) is 1. The molecule has 1 aromatic heterocycles. The van der Waals surface area contributed by atoms with E-state index in [0.29, 0.717) is 50.3 Å². The van der Waals surface area contributed by atoms with E-state index in [-0.39, 0.29) is 34.7 Å². The minimum Gasteiger partial charge on any atom is -0.354 e. The first-order valence-electron chi connectivity index (χ1n) is 10.0. The average molecular weight is 408 g/mol. The van der Waals surface area contributed by atoms with Crippen LogP contribution in [0.2, 0.25) is 0 Å². The van der Waals surface area contributed by atoms with Gasteiger partial charge in [0.15, 0.2) is 15.6 Å². The van der Waals surface area contributed by atoms with Gasteiger partial charge in [-0.2, -0.15) is 0 Å². The van der Waals surface area contributed by atoms with E-state index >= 15 is 0 Å². The summed E-state index contributed by atoms with van der Waals surface area (Å²) in [7, 11) is -2.90. The van der Waals surface area contributed by atoms with E-state index in [2.05, 4.69) is 23.7 Å². The Kier molecular flexibility index (Phi) is 4.69. The molecule has 0 saturated carbocycles. The van der Waals surface area contributed by atoms with Crippen molar-refractivity contribution in [2.24, 2.45) is 5.41 Å². The maximum Gasteiger partial charge on any atom is 0.270 e. The number of amides is 1. The molecule has 7 nitrogen and oxygen atoms in total. The van der Waals surface area contributed by atoms with Crippen LogP contribution in [0.4, 0.5) is 0 Å². The van der Waals surface area contributed by atoms with Crippen LogP contribution in [-0.2, 0) is 16.3 Å². The Labute approximate surface area is 166 Å². The molecule has 2 fully saturated rings. The van der Waals surface area contributed by atoms with Crippen molar-refractivity contribution in [3.8, 4) is 0 Å². The summed E-state index contributed by atoms with van der Waals surface area (Å²) in [4.78, 5) is 33.0. The van der Waals surface area contributed by atoms with Crippen molar-refractivity contribution in [3.05, 3.63) is 22.5 Å². The molecule has 28 heavy (non-hydrogen) atoms. The molecular weight excluding hydrogens is 378 g/mol. The summed E-state index contributed by atoms with van der Waals surface area (Å²) >= 11 is 0. The topological polar surface area (TPSA) is 90.6 Å². The van der Waals surface area contributed by atoms with E-state index in [9.17, 15) is 18.0 Å². The van der Waals surface area contributed by atoms with Crippen molar-refractivity contribution in [2.45, 2.75) is 46.1 Å². The fraction of sp³-hybridized carbons (Fsp3) is 0.700. The largest absolute Gasteiger partial charge is 0.354 e. The molecule has 2 aliphatic heterocycles. The van der Waals surface area contributed by atoms with Crippen LogP contribution in [0.25, 0.3) is 0 Å². The highest BCUT2D eigenvalue weighted by molar-refractivity contribution is 7.91. The van der Waals surface area contributed by atoms with E-state index in [1.807, 2.05) is 11.8 Å². The van der Waals surface area contributed by atoms with Gasteiger partial charge in [-0.25, -0.2) is 8.42 Å². The van der Waals surface area contributed by atoms with E-state index in [1.165, 1.54) is 0 Å². The number of nitrogens with zero attached hydrogens (tertiary/aromatic N) is 2. The summed E-state index contributed by atoms with van der Waals surface area (Å²) in [5, 5.41) is 0. The van der Waals surface area contributed by atoms with Gasteiger partial charge < -0.3 is 9.88 Å². The van der Waals surface area contributed by atoms with Gasteiger partial charge in [-0.3, -0.25) is 14.5 Å². The summed E-state index contributed by atoms with van der Waals surface area (Å²) in [6.07, 6.45) is 1.97. The Hall–Kier alpha value is -1.67. The predicted molar refractivity (Wildman–Crippen MR) is 106 cm³/mol. The second-order valence-electron chi connectivity index (χ2n) is 9.30. The molecular formula is C20H29N3O4S. The monoisotopic (exact) mass is 407 g/mol. The lowest BCUT2D eigenvalue weighted by Crippen LogP contribution is -2.52. The number of ketones is 1. The molecule has 1 amide bonds. The summed E-state index contributed by atoms with van der Waals surface area (Å²) in [6.45, 7) is 8.56. The molecule has 2 saturated heterocycles. The maximum absolute atomic E-state index is 13.1. The molecule has 8 heteroatoms. The zero-order valence-corrected chi connectivity index (χ0v) is 17.7. The fourth-order valence-electron chi connectivity index (χ4n) is 4.96. The third kappa shape index (κ3) is 3.52. The number of H-pyrrole nitrogens is 1. The zero-order chi connectivity index (χ0) is 20.3. The standard InChI is InChI=1S/C20H29N3O4S/c1-13-17-15(10-20(2,3)11-16(17)24)21-18(13)19(25)23-7-5-22(6-8-23)14-4-9-28(26,27)12-14/h14,21H,4-12H2,1-3H3/t14-/m0/s1.